The summed E-state index contributed by atoms with van der Waals surface area (Å²) in [6.07, 6.45) is -0.822. The van der Waals surface area contributed by atoms with Crippen LogP contribution in [0.15, 0.2) is 46.9 Å². The highest BCUT2D eigenvalue weighted by Crippen LogP contribution is 2.27. The number of hydrogen-bond acceptors (Lipinski definition) is 3. The number of aromatic hydroxyl groups is 1. The number of ether oxygens (including phenoxy) is 1. The predicted molar refractivity (Wildman–Crippen MR) is 72.7 cm³/mol. The normalized spacial score (nSPS) is 12.2. The molecule has 0 spiro atoms. The first-order chi connectivity index (χ1) is 9.06. The van der Waals surface area contributed by atoms with Gasteiger partial charge in [0.2, 0.25) is 0 Å². The van der Waals surface area contributed by atoms with Crippen molar-refractivity contribution in [1.29, 1.82) is 0 Å². The van der Waals surface area contributed by atoms with Gasteiger partial charge in [0.15, 0.2) is 11.5 Å². The van der Waals surface area contributed by atoms with Crippen LogP contribution in [0.3, 0.4) is 0 Å². The first kappa shape index (κ1) is 13.8. The number of rotatable bonds is 4. The first-order valence-electron chi connectivity index (χ1n) is 5.61. The van der Waals surface area contributed by atoms with Gasteiger partial charge in [-0.3, -0.25) is 0 Å². The Bertz CT molecular complexity index is 557. The van der Waals surface area contributed by atoms with E-state index in [0.717, 1.165) is 10.5 Å². The van der Waals surface area contributed by atoms with Crippen LogP contribution in [0.2, 0.25) is 0 Å². The van der Waals surface area contributed by atoms with Crippen LogP contribution >= 0.6 is 15.9 Å². The Morgan fingerprint density at radius 2 is 1.84 bits per heavy atom. The monoisotopic (exact) mass is 326 g/mol. The summed E-state index contributed by atoms with van der Waals surface area (Å²) in [5.41, 5.74) is 0.699. The SMILES string of the molecule is Oc1cc(F)ccc1OCC(O)c1ccc(Br)cc1. The van der Waals surface area contributed by atoms with E-state index < -0.39 is 11.9 Å². The van der Waals surface area contributed by atoms with E-state index in [1.807, 2.05) is 12.1 Å². The molecule has 1 unspecified atom stereocenters. The van der Waals surface area contributed by atoms with E-state index >= 15 is 0 Å². The molecule has 0 fully saturated rings. The van der Waals surface area contributed by atoms with Crippen LogP contribution < -0.4 is 4.74 Å². The van der Waals surface area contributed by atoms with Gasteiger partial charge in [0, 0.05) is 10.5 Å². The van der Waals surface area contributed by atoms with Crippen molar-refractivity contribution in [3.05, 3.63) is 58.3 Å². The minimum absolute atomic E-state index is 0.0270. The van der Waals surface area contributed by atoms with Crippen molar-refractivity contribution in [2.45, 2.75) is 6.10 Å². The molecule has 3 nitrogen and oxygen atoms in total. The third-order valence-electron chi connectivity index (χ3n) is 2.57. The molecular weight excluding hydrogens is 315 g/mol. The lowest BCUT2D eigenvalue weighted by Crippen LogP contribution is -2.09. The van der Waals surface area contributed by atoms with Crippen molar-refractivity contribution >= 4 is 15.9 Å². The zero-order valence-electron chi connectivity index (χ0n) is 9.88. The lowest BCUT2D eigenvalue weighted by atomic mass is 10.1. The fourth-order valence-corrected chi connectivity index (χ4v) is 1.83. The van der Waals surface area contributed by atoms with Gasteiger partial charge in [0.25, 0.3) is 0 Å². The van der Waals surface area contributed by atoms with E-state index in [1.54, 1.807) is 12.1 Å². The number of hydrogen-bond donors (Lipinski definition) is 2. The maximum Gasteiger partial charge on any atom is 0.161 e. The molecule has 0 saturated heterocycles. The standard InChI is InChI=1S/C14H12BrFO3/c15-10-3-1-9(2-4-10)13(18)8-19-14-6-5-11(16)7-12(14)17/h1-7,13,17-18H,8H2. The van der Waals surface area contributed by atoms with E-state index in [2.05, 4.69) is 15.9 Å². The van der Waals surface area contributed by atoms with Crippen LogP contribution in [-0.2, 0) is 0 Å². The minimum atomic E-state index is -0.822. The van der Waals surface area contributed by atoms with Gasteiger partial charge in [-0.1, -0.05) is 28.1 Å². The molecule has 5 heteroatoms. The van der Waals surface area contributed by atoms with E-state index in [1.165, 1.54) is 12.1 Å². The van der Waals surface area contributed by atoms with Crippen LogP contribution in [0.25, 0.3) is 0 Å². The largest absolute Gasteiger partial charge is 0.504 e. The zero-order valence-corrected chi connectivity index (χ0v) is 11.5. The number of halogens is 2. The molecule has 0 aliphatic rings. The molecule has 0 heterocycles. The summed E-state index contributed by atoms with van der Waals surface area (Å²) in [5.74, 6) is -0.695. The molecule has 0 radical (unpaired) electrons. The van der Waals surface area contributed by atoms with Gasteiger partial charge in [-0.25, -0.2) is 4.39 Å². The maximum absolute atomic E-state index is 12.8. The fraction of sp³-hybridized carbons (Fsp3) is 0.143. The zero-order chi connectivity index (χ0) is 13.8. The summed E-state index contributed by atoms with van der Waals surface area (Å²) in [6, 6.07) is 10.6. The molecule has 2 N–H and O–H groups in total. The van der Waals surface area contributed by atoms with Crippen molar-refractivity contribution in [3.8, 4) is 11.5 Å². The Hall–Kier alpha value is -1.59. The molecule has 2 aromatic rings. The third kappa shape index (κ3) is 3.68. The van der Waals surface area contributed by atoms with E-state index in [9.17, 15) is 14.6 Å². The van der Waals surface area contributed by atoms with Crippen LogP contribution in [0.4, 0.5) is 4.39 Å². The molecular formula is C14H12BrFO3. The molecule has 0 aliphatic carbocycles. The second-order valence-corrected chi connectivity index (χ2v) is 4.91. The highest BCUT2D eigenvalue weighted by atomic mass is 79.9. The first-order valence-corrected chi connectivity index (χ1v) is 6.40. The molecule has 100 valence electrons. The summed E-state index contributed by atoms with van der Waals surface area (Å²) in [4.78, 5) is 0. The second-order valence-electron chi connectivity index (χ2n) is 3.99. The Labute approximate surface area is 118 Å². The highest BCUT2D eigenvalue weighted by molar-refractivity contribution is 9.10. The third-order valence-corrected chi connectivity index (χ3v) is 3.10. The molecule has 0 amide bonds. The Morgan fingerprint density at radius 1 is 1.16 bits per heavy atom. The maximum atomic E-state index is 12.8. The van der Waals surface area contributed by atoms with Crippen molar-refractivity contribution in [2.75, 3.05) is 6.61 Å². The molecule has 0 saturated carbocycles. The van der Waals surface area contributed by atoms with E-state index in [4.69, 9.17) is 4.74 Å². The topological polar surface area (TPSA) is 49.7 Å². The lowest BCUT2D eigenvalue weighted by molar-refractivity contribution is 0.106. The molecule has 1 atom stereocenters. The molecule has 2 rings (SSSR count). The Morgan fingerprint density at radius 3 is 2.47 bits per heavy atom. The number of phenols is 1. The van der Waals surface area contributed by atoms with E-state index in [-0.39, 0.29) is 18.1 Å². The van der Waals surface area contributed by atoms with Gasteiger partial charge in [0.05, 0.1) is 0 Å². The van der Waals surface area contributed by atoms with Crippen molar-refractivity contribution in [3.63, 3.8) is 0 Å². The Kier molecular flexibility index (Phi) is 4.39. The van der Waals surface area contributed by atoms with Gasteiger partial charge in [0.1, 0.15) is 18.5 Å². The number of phenolic OH excluding ortho intramolecular Hbond substituents is 1. The summed E-state index contributed by atoms with van der Waals surface area (Å²) in [5, 5.41) is 19.4. The summed E-state index contributed by atoms with van der Waals surface area (Å²) in [7, 11) is 0. The van der Waals surface area contributed by atoms with Crippen LogP contribution in [0.1, 0.15) is 11.7 Å². The molecule has 2 aromatic carbocycles. The summed E-state index contributed by atoms with van der Waals surface area (Å²) >= 11 is 3.31. The minimum Gasteiger partial charge on any atom is -0.504 e. The van der Waals surface area contributed by atoms with Gasteiger partial charge in [-0.2, -0.15) is 0 Å². The van der Waals surface area contributed by atoms with Gasteiger partial charge >= 0.3 is 0 Å². The molecule has 0 aliphatic heterocycles. The van der Waals surface area contributed by atoms with E-state index in [0.29, 0.717) is 5.56 Å². The van der Waals surface area contributed by atoms with Crippen molar-refractivity contribution in [2.24, 2.45) is 0 Å². The molecule has 19 heavy (non-hydrogen) atoms. The van der Waals surface area contributed by atoms with Crippen LogP contribution in [0.5, 0.6) is 11.5 Å². The predicted octanol–water partition coefficient (Wildman–Crippen LogP) is 3.41. The van der Waals surface area contributed by atoms with Crippen molar-refractivity contribution in [1.82, 2.24) is 0 Å². The van der Waals surface area contributed by atoms with Crippen LogP contribution in [0, 0.1) is 5.82 Å². The second kappa shape index (κ2) is 6.04. The number of aliphatic hydroxyl groups excluding tert-OH is 1. The summed E-state index contributed by atoms with van der Waals surface area (Å²) in [6.45, 7) is -0.0270. The van der Waals surface area contributed by atoms with Gasteiger partial charge < -0.3 is 14.9 Å². The quantitative estimate of drug-likeness (QED) is 0.905. The van der Waals surface area contributed by atoms with Gasteiger partial charge in [-0.05, 0) is 29.8 Å². The van der Waals surface area contributed by atoms with Crippen molar-refractivity contribution < 1.29 is 19.3 Å². The molecule has 0 bridgehead atoms. The number of benzene rings is 2. The van der Waals surface area contributed by atoms with Crippen LogP contribution in [-0.4, -0.2) is 16.8 Å². The average molecular weight is 327 g/mol. The smallest absolute Gasteiger partial charge is 0.161 e. The fourth-order valence-electron chi connectivity index (χ4n) is 1.56. The average Bonchev–Trinajstić information content (AvgIpc) is 2.38. The summed E-state index contributed by atoms with van der Waals surface area (Å²) < 4.78 is 19.0. The Balaban J connectivity index is 2.00. The highest BCUT2D eigenvalue weighted by Gasteiger charge is 2.10. The lowest BCUT2D eigenvalue weighted by Gasteiger charge is -2.13. The van der Waals surface area contributed by atoms with Gasteiger partial charge in [-0.15, -0.1) is 0 Å². The number of aliphatic hydroxyl groups is 1. The molecule has 0 aromatic heterocycles.